The van der Waals surface area contributed by atoms with Crippen LogP contribution in [0.1, 0.15) is 5.56 Å². The highest BCUT2D eigenvalue weighted by Crippen LogP contribution is 2.20. The van der Waals surface area contributed by atoms with Gasteiger partial charge in [0.05, 0.1) is 10.6 Å². The summed E-state index contributed by atoms with van der Waals surface area (Å²) in [4.78, 5) is 8.51. The lowest BCUT2D eigenvalue weighted by Crippen LogP contribution is -2.52. The lowest BCUT2D eigenvalue weighted by molar-refractivity contribution is 0.370. The van der Waals surface area contributed by atoms with Gasteiger partial charge in [0.1, 0.15) is 5.82 Å². The Morgan fingerprint density at radius 3 is 2.50 bits per heavy atom. The number of hydrogen-bond donors (Lipinski definition) is 2. The summed E-state index contributed by atoms with van der Waals surface area (Å²) in [5.41, 5.74) is 1.41. The molecule has 1 fully saturated rings. The van der Waals surface area contributed by atoms with Gasteiger partial charge in [0, 0.05) is 39.8 Å². The number of halogens is 1. The summed E-state index contributed by atoms with van der Waals surface area (Å²) in [6.45, 7) is 3.19. The van der Waals surface area contributed by atoms with Crippen LogP contribution >= 0.6 is 0 Å². The smallest absolute Gasteiger partial charge is 0.238 e. The van der Waals surface area contributed by atoms with Crippen LogP contribution in [0.2, 0.25) is 0 Å². The molecule has 0 aliphatic carbocycles. The van der Waals surface area contributed by atoms with E-state index in [1.165, 1.54) is 12.1 Å². The molecule has 150 valence electrons. The maximum atomic E-state index is 14.0. The number of para-hydroxylation sites is 1. The molecule has 0 bridgehead atoms. The molecule has 3 N–H and O–H groups in total. The van der Waals surface area contributed by atoms with Crippen LogP contribution in [0.4, 0.5) is 10.1 Å². The predicted octanol–water partition coefficient (Wildman–Crippen LogP) is 1.37. The highest BCUT2D eigenvalue weighted by atomic mass is 32.2. The first-order chi connectivity index (χ1) is 13.4. The van der Waals surface area contributed by atoms with Crippen molar-refractivity contribution in [1.29, 1.82) is 0 Å². The zero-order valence-corrected chi connectivity index (χ0v) is 16.5. The van der Waals surface area contributed by atoms with Crippen LogP contribution < -0.4 is 15.4 Å². The molecule has 3 rings (SSSR count). The average molecular weight is 405 g/mol. The highest BCUT2D eigenvalue weighted by molar-refractivity contribution is 7.89. The first kappa shape index (κ1) is 20.1. The van der Waals surface area contributed by atoms with E-state index in [0.29, 0.717) is 44.4 Å². The number of rotatable bonds is 4. The molecule has 1 heterocycles. The molecule has 28 heavy (non-hydrogen) atoms. The Bertz CT molecular complexity index is 956. The molecule has 0 unspecified atom stereocenters. The lowest BCUT2D eigenvalue weighted by Gasteiger charge is -2.37. The zero-order chi connectivity index (χ0) is 20.1. The molecule has 0 radical (unpaired) electrons. The van der Waals surface area contributed by atoms with Crippen molar-refractivity contribution in [2.45, 2.75) is 11.4 Å². The van der Waals surface area contributed by atoms with Crippen molar-refractivity contribution < 1.29 is 12.8 Å². The van der Waals surface area contributed by atoms with Gasteiger partial charge in [-0.2, -0.15) is 0 Å². The molecular weight excluding hydrogens is 381 g/mol. The molecule has 2 aromatic carbocycles. The number of aliphatic imine (C=N–C) groups is 1. The summed E-state index contributed by atoms with van der Waals surface area (Å²) in [6, 6.07) is 13.3. The van der Waals surface area contributed by atoms with Crippen LogP contribution in [0, 0.1) is 5.82 Å². The van der Waals surface area contributed by atoms with Crippen molar-refractivity contribution in [3.8, 4) is 0 Å². The van der Waals surface area contributed by atoms with E-state index < -0.39 is 10.0 Å². The number of piperazine rings is 1. The Labute approximate surface area is 164 Å². The number of primary sulfonamides is 1. The van der Waals surface area contributed by atoms with Gasteiger partial charge in [-0.3, -0.25) is 4.99 Å². The number of sulfonamides is 1. The Morgan fingerprint density at radius 1 is 1.14 bits per heavy atom. The third kappa shape index (κ3) is 4.79. The molecule has 0 saturated carbocycles. The van der Waals surface area contributed by atoms with Crippen molar-refractivity contribution in [2.24, 2.45) is 10.1 Å². The van der Waals surface area contributed by atoms with Crippen molar-refractivity contribution in [3.63, 3.8) is 0 Å². The predicted molar refractivity (Wildman–Crippen MR) is 108 cm³/mol. The van der Waals surface area contributed by atoms with Gasteiger partial charge in [0.25, 0.3) is 0 Å². The maximum absolute atomic E-state index is 14.0. The van der Waals surface area contributed by atoms with E-state index in [1.807, 2.05) is 17.0 Å². The fourth-order valence-corrected chi connectivity index (χ4v) is 3.80. The average Bonchev–Trinajstić information content (AvgIpc) is 2.69. The van der Waals surface area contributed by atoms with E-state index in [-0.39, 0.29) is 10.7 Å². The topological polar surface area (TPSA) is 91.0 Å². The third-order valence-electron chi connectivity index (χ3n) is 4.66. The maximum Gasteiger partial charge on any atom is 0.238 e. The summed E-state index contributed by atoms with van der Waals surface area (Å²) < 4.78 is 37.0. The summed E-state index contributed by atoms with van der Waals surface area (Å²) in [6.07, 6.45) is 0. The van der Waals surface area contributed by atoms with Gasteiger partial charge in [-0.05, 0) is 29.8 Å². The van der Waals surface area contributed by atoms with Gasteiger partial charge in [0.2, 0.25) is 10.0 Å². The van der Waals surface area contributed by atoms with Crippen LogP contribution in [-0.4, -0.2) is 52.5 Å². The van der Waals surface area contributed by atoms with Crippen LogP contribution in [0.25, 0.3) is 0 Å². The summed E-state index contributed by atoms with van der Waals surface area (Å²) >= 11 is 0. The molecule has 2 aromatic rings. The second kappa shape index (κ2) is 8.57. The molecule has 9 heteroatoms. The SMILES string of the molecule is CN=C(NCc1cccc(S(N)(=O)=O)c1)N1CCN(c2ccccc2F)CC1. The largest absolute Gasteiger partial charge is 0.366 e. The standard InChI is InChI=1S/C19H24FN5O2S/c1-22-19(23-14-15-5-4-6-16(13-15)28(21,26)27)25-11-9-24(10-12-25)18-8-3-2-7-17(18)20/h2-8,13H,9-12,14H2,1H3,(H,22,23)(H2,21,26,27). The number of guanidine groups is 1. The van der Waals surface area contributed by atoms with Crippen molar-refractivity contribution >= 4 is 21.7 Å². The fraction of sp³-hybridized carbons (Fsp3) is 0.316. The van der Waals surface area contributed by atoms with Gasteiger partial charge in [0.15, 0.2) is 5.96 Å². The summed E-state index contributed by atoms with van der Waals surface area (Å²) in [7, 11) is -2.03. The Kier molecular flexibility index (Phi) is 6.15. The molecule has 0 aromatic heterocycles. The van der Waals surface area contributed by atoms with Crippen molar-refractivity contribution in [1.82, 2.24) is 10.2 Å². The fourth-order valence-electron chi connectivity index (χ4n) is 3.21. The molecule has 1 aliphatic heterocycles. The number of hydrogen-bond acceptors (Lipinski definition) is 4. The Morgan fingerprint density at radius 2 is 1.86 bits per heavy atom. The second-order valence-corrected chi connectivity index (χ2v) is 8.08. The van der Waals surface area contributed by atoms with E-state index >= 15 is 0 Å². The van der Waals surface area contributed by atoms with E-state index in [9.17, 15) is 12.8 Å². The minimum Gasteiger partial charge on any atom is -0.366 e. The van der Waals surface area contributed by atoms with Gasteiger partial charge in [-0.1, -0.05) is 24.3 Å². The Hall–Kier alpha value is -2.65. The third-order valence-corrected chi connectivity index (χ3v) is 5.57. The molecule has 1 aliphatic rings. The van der Waals surface area contributed by atoms with Gasteiger partial charge >= 0.3 is 0 Å². The highest BCUT2D eigenvalue weighted by Gasteiger charge is 2.21. The van der Waals surface area contributed by atoms with E-state index in [1.54, 1.807) is 31.3 Å². The zero-order valence-electron chi connectivity index (χ0n) is 15.7. The quantitative estimate of drug-likeness (QED) is 0.592. The number of nitrogens with one attached hydrogen (secondary N) is 1. The van der Waals surface area contributed by atoms with Crippen LogP contribution in [0.3, 0.4) is 0 Å². The molecule has 1 saturated heterocycles. The molecule has 7 nitrogen and oxygen atoms in total. The second-order valence-electron chi connectivity index (χ2n) is 6.52. The summed E-state index contributed by atoms with van der Waals surface area (Å²) in [5, 5.41) is 8.43. The minimum absolute atomic E-state index is 0.0836. The number of nitrogens with two attached hydrogens (primary N) is 1. The first-order valence-electron chi connectivity index (χ1n) is 8.95. The van der Waals surface area contributed by atoms with E-state index in [0.717, 1.165) is 5.56 Å². The van der Waals surface area contributed by atoms with Gasteiger partial charge < -0.3 is 15.1 Å². The number of benzene rings is 2. The monoisotopic (exact) mass is 405 g/mol. The minimum atomic E-state index is -3.73. The normalized spacial score (nSPS) is 15.6. The molecule has 0 spiro atoms. The Balaban J connectivity index is 1.59. The molecular formula is C19H24FN5O2S. The van der Waals surface area contributed by atoms with Crippen LogP contribution in [0.15, 0.2) is 58.4 Å². The first-order valence-corrected chi connectivity index (χ1v) is 10.5. The summed E-state index contributed by atoms with van der Waals surface area (Å²) in [5.74, 6) is 0.502. The van der Waals surface area contributed by atoms with E-state index in [4.69, 9.17) is 5.14 Å². The lowest BCUT2D eigenvalue weighted by atomic mass is 10.2. The number of anilines is 1. The van der Waals surface area contributed by atoms with Gasteiger partial charge in [-0.25, -0.2) is 17.9 Å². The van der Waals surface area contributed by atoms with Crippen LogP contribution in [0.5, 0.6) is 0 Å². The number of nitrogens with zero attached hydrogens (tertiary/aromatic N) is 3. The van der Waals surface area contributed by atoms with Gasteiger partial charge in [-0.15, -0.1) is 0 Å². The van der Waals surface area contributed by atoms with Crippen LogP contribution in [-0.2, 0) is 16.6 Å². The van der Waals surface area contributed by atoms with E-state index in [2.05, 4.69) is 15.2 Å². The van der Waals surface area contributed by atoms with Crippen molar-refractivity contribution in [2.75, 3.05) is 38.1 Å². The molecule has 0 atom stereocenters. The molecule has 0 amide bonds. The van der Waals surface area contributed by atoms with Crippen molar-refractivity contribution in [3.05, 3.63) is 59.9 Å².